The molecule has 2 heterocycles. The fourth-order valence-corrected chi connectivity index (χ4v) is 3.76. The number of carbonyl (C=O) groups is 1. The fourth-order valence-electron chi connectivity index (χ4n) is 2.92. The van der Waals surface area contributed by atoms with Crippen LogP contribution in [0.3, 0.4) is 0 Å². The van der Waals surface area contributed by atoms with Gasteiger partial charge in [-0.3, -0.25) is 9.78 Å². The molecule has 0 radical (unpaired) electrons. The van der Waals surface area contributed by atoms with E-state index < -0.39 is 0 Å². The highest BCUT2D eigenvalue weighted by Crippen LogP contribution is 2.25. The van der Waals surface area contributed by atoms with Crippen LogP contribution in [0.25, 0.3) is 21.7 Å². The molecular formula is C23H19N3OS. The van der Waals surface area contributed by atoms with E-state index in [1.165, 1.54) is 0 Å². The van der Waals surface area contributed by atoms with Crippen LogP contribution in [0.15, 0.2) is 79.1 Å². The molecule has 0 saturated heterocycles. The highest BCUT2D eigenvalue weighted by molar-refractivity contribution is 7.15. The van der Waals surface area contributed by atoms with Crippen molar-refractivity contribution in [2.75, 3.05) is 0 Å². The molecule has 0 saturated carbocycles. The molecule has 0 aliphatic rings. The summed E-state index contributed by atoms with van der Waals surface area (Å²) in [7, 11) is 0. The molecule has 0 fully saturated rings. The topological polar surface area (TPSA) is 54.9 Å². The number of amides is 1. The number of nitrogens with zero attached hydrogens (tertiary/aromatic N) is 2. The lowest BCUT2D eigenvalue weighted by atomic mass is 10.0. The summed E-state index contributed by atoms with van der Waals surface area (Å²) in [5.74, 6) is -0.0886. The molecule has 2 aromatic carbocycles. The van der Waals surface area contributed by atoms with Crippen molar-refractivity contribution in [2.45, 2.75) is 13.5 Å². The Balaban J connectivity index is 1.39. The summed E-state index contributed by atoms with van der Waals surface area (Å²) in [5, 5.41) is 3.90. The van der Waals surface area contributed by atoms with Gasteiger partial charge in [-0.2, -0.15) is 0 Å². The van der Waals surface area contributed by atoms with Crippen molar-refractivity contribution in [1.82, 2.24) is 15.3 Å². The number of aryl methyl sites for hydroxylation is 1. The molecule has 1 N–H and O–H groups in total. The van der Waals surface area contributed by atoms with Gasteiger partial charge in [-0.25, -0.2) is 4.98 Å². The molecule has 4 nitrogen and oxygen atoms in total. The number of hydrogen-bond acceptors (Lipinski definition) is 4. The van der Waals surface area contributed by atoms with Gasteiger partial charge < -0.3 is 5.32 Å². The van der Waals surface area contributed by atoms with Crippen molar-refractivity contribution in [1.29, 1.82) is 0 Å². The molecule has 0 aliphatic carbocycles. The number of carbonyl (C=O) groups excluding carboxylic acids is 1. The zero-order valence-electron chi connectivity index (χ0n) is 15.4. The van der Waals surface area contributed by atoms with E-state index >= 15 is 0 Å². The lowest BCUT2D eigenvalue weighted by molar-refractivity contribution is 0.0951. The minimum absolute atomic E-state index is 0.0886. The van der Waals surface area contributed by atoms with E-state index in [2.05, 4.69) is 27.4 Å². The molecule has 4 rings (SSSR count). The minimum Gasteiger partial charge on any atom is -0.347 e. The van der Waals surface area contributed by atoms with Gasteiger partial charge in [0.05, 0.1) is 6.54 Å². The maximum atomic E-state index is 12.5. The monoisotopic (exact) mass is 385 g/mol. The predicted molar refractivity (Wildman–Crippen MR) is 113 cm³/mol. The largest absolute Gasteiger partial charge is 0.347 e. The van der Waals surface area contributed by atoms with Crippen LogP contribution in [0.4, 0.5) is 0 Å². The summed E-state index contributed by atoms with van der Waals surface area (Å²) >= 11 is 1.58. The number of thiazole rings is 1. The van der Waals surface area contributed by atoms with E-state index in [0.29, 0.717) is 12.1 Å². The Morgan fingerprint density at radius 3 is 2.43 bits per heavy atom. The highest BCUT2D eigenvalue weighted by Gasteiger charge is 2.09. The van der Waals surface area contributed by atoms with Gasteiger partial charge in [-0.05, 0) is 42.3 Å². The highest BCUT2D eigenvalue weighted by atomic mass is 32.1. The van der Waals surface area contributed by atoms with Crippen LogP contribution in [-0.2, 0) is 6.54 Å². The molecular weight excluding hydrogens is 366 g/mol. The molecule has 5 heteroatoms. The minimum atomic E-state index is -0.0886. The molecule has 4 aromatic rings. The summed E-state index contributed by atoms with van der Waals surface area (Å²) in [6, 6.07) is 21.7. The van der Waals surface area contributed by atoms with Crippen molar-refractivity contribution in [3.63, 3.8) is 0 Å². The zero-order valence-corrected chi connectivity index (χ0v) is 16.2. The molecule has 1 amide bonds. The van der Waals surface area contributed by atoms with Gasteiger partial charge in [0.15, 0.2) is 0 Å². The number of rotatable bonds is 5. The molecule has 2 aromatic heterocycles. The Labute approximate surface area is 167 Å². The predicted octanol–water partition coefficient (Wildman–Crippen LogP) is 5.11. The van der Waals surface area contributed by atoms with E-state index in [1.54, 1.807) is 17.5 Å². The molecule has 0 spiro atoms. The first-order valence-corrected chi connectivity index (χ1v) is 9.82. The van der Waals surface area contributed by atoms with Gasteiger partial charge in [-0.1, -0.05) is 42.5 Å². The van der Waals surface area contributed by atoms with Crippen LogP contribution in [0.5, 0.6) is 0 Å². The summed E-state index contributed by atoms with van der Waals surface area (Å²) in [6.45, 7) is 2.42. The maximum absolute atomic E-state index is 12.5. The second-order valence-corrected chi connectivity index (χ2v) is 7.56. The SMILES string of the molecule is Cc1cc(-c2ncc(CNC(=O)c3ccc(-c4ccccc4)cc3)s2)ccn1. The smallest absolute Gasteiger partial charge is 0.251 e. The fraction of sp³-hybridized carbons (Fsp3) is 0.0870. The van der Waals surface area contributed by atoms with E-state index in [1.807, 2.05) is 67.7 Å². The quantitative estimate of drug-likeness (QED) is 0.519. The van der Waals surface area contributed by atoms with Crippen LogP contribution in [0.2, 0.25) is 0 Å². The number of benzene rings is 2. The van der Waals surface area contributed by atoms with Crippen molar-refractivity contribution in [2.24, 2.45) is 0 Å². The lowest BCUT2D eigenvalue weighted by Gasteiger charge is -2.05. The van der Waals surface area contributed by atoms with Crippen LogP contribution in [-0.4, -0.2) is 15.9 Å². The molecule has 0 atom stereocenters. The second-order valence-electron chi connectivity index (χ2n) is 6.44. The Morgan fingerprint density at radius 1 is 0.929 bits per heavy atom. The van der Waals surface area contributed by atoms with Crippen LogP contribution in [0, 0.1) is 6.92 Å². The lowest BCUT2D eigenvalue weighted by Crippen LogP contribution is -2.22. The van der Waals surface area contributed by atoms with E-state index in [-0.39, 0.29) is 5.91 Å². The van der Waals surface area contributed by atoms with Gasteiger partial charge in [0.1, 0.15) is 5.01 Å². The summed E-state index contributed by atoms with van der Waals surface area (Å²) < 4.78 is 0. The summed E-state index contributed by atoms with van der Waals surface area (Å²) in [4.78, 5) is 22.1. The average molecular weight is 385 g/mol. The average Bonchev–Trinajstić information content (AvgIpc) is 3.22. The maximum Gasteiger partial charge on any atom is 0.251 e. The summed E-state index contributed by atoms with van der Waals surface area (Å²) in [5.41, 5.74) is 4.89. The van der Waals surface area contributed by atoms with Gasteiger partial charge in [-0.15, -0.1) is 11.3 Å². The number of aromatic nitrogens is 2. The number of hydrogen-bond donors (Lipinski definition) is 1. The van der Waals surface area contributed by atoms with Crippen molar-refractivity contribution < 1.29 is 4.79 Å². The van der Waals surface area contributed by atoms with Gasteiger partial charge >= 0.3 is 0 Å². The molecule has 0 unspecified atom stereocenters. The molecule has 138 valence electrons. The third kappa shape index (κ3) is 4.15. The molecule has 28 heavy (non-hydrogen) atoms. The summed E-state index contributed by atoms with van der Waals surface area (Å²) in [6.07, 6.45) is 3.60. The Morgan fingerprint density at radius 2 is 1.68 bits per heavy atom. The normalized spacial score (nSPS) is 10.6. The third-order valence-electron chi connectivity index (χ3n) is 4.37. The Hall–Kier alpha value is -3.31. The van der Waals surface area contributed by atoms with Gasteiger partial charge in [0.25, 0.3) is 5.91 Å². The first kappa shape index (κ1) is 18.1. The van der Waals surface area contributed by atoms with Crippen molar-refractivity contribution >= 4 is 17.2 Å². The van der Waals surface area contributed by atoms with Crippen molar-refractivity contribution in [3.8, 4) is 21.7 Å². The van der Waals surface area contributed by atoms with Gasteiger partial charge in [0.2, 0.25) is 0 Å². The first-order valence-electron chi connectivity index (χ1n) is 9.00. The Bertz CT molecular complexity index is 1090. The van der Waals surface area contributed by atoms with E-state index in [9.17, 15) is 4.79 Å². The number of nitrogens with one attached hydrogen (secondary N) is 1. The molecule has 0 bridgehead atoms. The van der Waals surface area contributed by atoms with Crippen molar-refractivity contribution in [3.05, 3.63) is 95.3 Å². The zero-order chi connectivity index (χ0) is 19.3. The van der Waals surface area contributed by atoms with E-state index in [4.69, 9.17) is 0 Å². The van der Waals surface area contributed by atoms with Crippen LogP contribution >= 0.6 is 11.3 Å². The van der Waals surface area contributed by atoms with Crippen LogP contribution < -0.4 is 5.32 Å². The standard InChI is InChI=1S/C23H19N3OS/c1-16-13-20(11-12-24-16)23-26-15-21(28-23)14-25-22(27)19-9-7-18(8-10-19)17-5-3-2-4-6-17/h2-13,15H,14H2,1H3,(H,25,27). The van der Waals surface area contributed by atoms with E-state index in [0.717, 1.165) is 32.3 Å². The first-order chi connectivity index (χ1) is 13.7. The second kappa shape index (κ2) is 8.15. The van der Waals surface area contributed by atoms with Crippen LogP contribution in [0.1, 0.15) is 20.9 Å². The Kier molecular flexibility index (Phi) is 5.26. The molecule has 0 aliphatic heterocycles. The third-order valence-corrected chi connectivity index (χ3v) is 5.42. The number of pyridine rings is 1. The van der Waals surface area contributed by atoms with Gasteiger partial charge in [0, 0.05) is 34.1 Å².